The molecule has 0 spiro atoms. The Morgan fingerprint density at radius 3 is 2.19 bits per heavy atom. The molecule has 0 saturated heterocycles. The van der Waals surface area contributed by atoms with E-state index in [4.69, 9.17) is 14.2 Å². The molecule has 170 valence electrons. The van der Waals surface area contributed by atoms with E-state index in [1.54, 1.807) is 27.5 Å². The molecule has 7 nitrogen and oxygen atoms in total. The molecule has 8 heteroatoms. The lowest BCUT2D eigenvalue weighted by Gasteiger charge is -2.22. The van der Waals surface area contributed by atoms with Crippen molar-refractivity contribution < 1.29 is 14.2 Å². The highest BCUT2D eigenvalue weighted by atomic mass is 127. The first-order chi connectivity index (χ1) is 15.1. The summed E-state index contributed by atoms with van der Waals surface area (Å²) in [7, 11) is 6.97. The van der Waals surface area contributed by atoms with Crippen molar-refractivity contribution in [1.29, 1.82) is 0 Å². The molecule has 0 aliphatic rings. The number of aliphatic imine (C=N–C) groups is 1. The van der Waals surface area contributed by atoms with E-state index in [1.165, 1.54) is 5.56 Å². The van der Waals surface area contributed by atoms with Gasteiger partial charge in [-0.15, -0.1) is 24.0 Å². The Morgan fingerprint density at radius 1 is 0.938 bits per heavy atom. The second-order valence-corrected chi connectivity index (χ2v) is 6.84. The van der Waals surface area contributed by atoms with Crippen LogP contribution < -0.4 is 19.5 Å². The SMILES string of the molecule is CN=C(NCc1ccc(Oc2c(OC)cccc2OC)nc1)N(C)Cc1ccccc1.I. The third-order valence-corrected chi connectivity index (χ3v) is 4.67. The second kappa shape index (κ2) is 12.7. The number of aromatic nitrogens is 1. The summed E-state index contributed by atoms with van der Waals surface area (Å²) in [4.78, 5) is 10.9. The molecule has 3 aromatic rings. The zero-order chi connectivity index (χ0) is 22.1. The van der Waals surface area contributed by atoms with E-state index in [2.05, 4.69) is 32.3 Å². The van der Waals surface area contributed by atoms with E-state index in [0.29, 0.717) is 29.7 Å². The van der Waals surface area contributed by atoms with Crippen LogP contribution in [0.15, 0.2) is 71.9 Å². The van der Waals surface area contributed by atoms with Crippen molar-refractivity contribution >= 4 is 29.9 Å². The van der Waals surface area contributed by atoms with Gasteiger partial charge in [0.25, 0.3) is 0 Å². The molecule has 0 aliphatic heterocycles. The molecule has 1 heterocycles. The Balaban J connectivity index is 0.00000363. The van der Waals surface area contributed by atoms with Gasteiger partial charge in [0.1, 0.15) is 0 Å². The van der Waals surface area contributed by atoms with Gasteiger partial charge in [0, 0.05) is 39.4 Å². The highest BCUT2D eigenvalue weighted by Gasteiger charge is 2.13. The number of benzene rings is 2. The van der Waals surface area contributed by atoms with Crippen LogP contribution in [0.1, 0.15) is 11.1 Å². The van der Waals surface area contributed by atoms with E-state index in [0.717, 1.165) is 18.1 Å². The highest BCUT2D eigenvalue weighted by Crippen LogP contribution is 2.39. The Kier molecular flexibility index (Phi) is 10.1. The maximum atomic E-state index is 5.92. The van der Waals surface area contributed by atoms with Crippen molar-refractivity contribution in [3.8, 4) is 23.1 Å². The van der Waals surface area contributed by atoms with Crippen LogP contribution in [0.25, 0.3) is 0 Å². The van der Waals surface area contributed by atoms with Gasteiger partial charge in [-0.25, -0.2) is 4.98 Å². The summed E-state index contributed by atoms with van der Waals surface area (Å²) < 4.78 is 16.6. The van der Waals surface area contributed by atoms with Crippen molar-refractivity contribution in [2.75, 3.05) is 28.3 Å². The van der Waals surface area contributed by atoms with Crippen molar-refractivity contribution in [1.82, 2.24) is 15.2 Å². The molecule has 0 amide bonds. The smallest absolute Gasteiger partial charge is 0.219 e. The Bertz CT molecular complexity index is 976. The number of methoxy groups -OCH3 is 2. The van der Waals surface area contributed by atoms with Crippen molar-refractivity contribution in [2.45, 2.75) is 13.1 Å². The van der Waals surface area contributed by atoms with Crippen LogP contribution in [-0.4, -0.2) is 44.2 Å². The number of nitrogens with one attached hydrogen (secondary N) is 1. The fourth-order valence-electron chi connectivity index (χ4n) is 3.10. The lowest BCUT2D eigenvalue weighted by atomic mass is 10.2. The largest absolute Gasteiger partial charge is 0.493 e. The number of hydrogen-bond acceptors (Lipinski definition) is 5. The number of guanidine groups is 1. The topological polar surface area (TPSA) is 68.2 Å². The van der Waals surface area contributed by atoms with Gasteiger partial charge >= 0.3 is 0 Å². The summed E-state index contributed by atoms with van der Waals surface area (Å²) in [6.45, 7) is 1.36. The predicted octanol–water partition coefficient (Wildman–Crippen LogP) is 4.72. The molecular weight excluding hydrogens is 519 g/mol. The molecule has 0 aliphatic carbocycles. The van der Waals surface area contributed by atoms with Crippen LogP contribution in [0.5, 0.6) is 23.1 Å². The number of nitrogens with zero attached hydrogens (tertiary/aromatic N) is 3. The second-order valence-electron chi connectivity index (χ2n) is 6.84. The fraction of sp³-hybridized carbons (Fsp3) is 0.250. The average molecular weight is 548 g/mol. The van der Waals surface area contributed by atoms with Gasteiger partial charge in [0.15, 0.2) is 17.5 Å². The number of para-hydroxylation sites is 1. The first-order valence-corrected chi connectivity index (χ1v) is 9.94. The van der Waals surface area contributed by atoms with Crippen LogP contribution in [0, 0.1) is 0 Å². The molecule has 0 atom stereocenters. The fourth-order valence-corrected chi connectivity index (χ4v) is 3.10. The molecular formula is C24H29IN4O3. The van der Waals surface area contributed by atoms with Gasteiger partial charge in [-0.05, 0) is 23.3 Å². The summed E-state index contributed by atoms with van der Waals surface area (Å²) in [6.07, 6.45) is 1.77. The standard InChI is InChI=1S/C24H28N4O3.HI/c1-25-24(28(2)17-18-9-6-5-7-10-18)27-16-19-13-14-22(26-15-19)31-23-20(29-3)11-8-12-21(23)30-4;/h5-15H,16-17H2,1-4H3,(H,25,27);1H. The first-order valence-electron chi connectivity index (χ1n) is 9.94. The summed E-state index contributed by atoms with van der Waals surface area (Å²) in [5.74, 6) is 2.92. The van der Waals surface area contributed by atoms with Crippen molar-refractivity contribution in [3.63, 3.8) is 0 Å². The molecule has 0 fully saturated rings. The number of pyridine rings is 1. The molecule has 0 unspecified atom stereocenters. The lowest BCUT2D eigenvalue weighted by molar-refractivity contribution is 0.342. The lowest BCUT2D eigenvalue weighted by Crippen LogP contribution is -2.38. The van der Waals surface area contributed by atoms with Crippen LogP contribution >= 0.6 is 24.0 Å². The van der Waals surface area contributed by atoms with Crippen molar-refractivity contribution in [2.24, 2.45) is 4.99 Å². The van der Waals surface area contributed by atoms with Crippen LogP contribution in [0.2, 0.25) is 0 Å². The molecule has 1 aromatic heterocycles. The molecule has 0 bridgehead atoms. The summed E-state index contributed by atoms with van der Waals surface area (Å²) >= 11 is 0. The van der Waals surface area contributed by atoms with E-state index in [1.807, 2.05) is 55.6 Å². The molecule has 0 radical (unpaired) electrons. The summed E-state index contributed by atoms with van der Waals surface area (Å²) in [5.41, 5.74) is 2.23. The monoisotopic (exact) mass is 548 g/mol. The summed E-state index contributed by atoms with van der Waals surface area (Å²) in [5, 5.41) is 3.37. The third-order valence-electron chi connectivity index (χ3n) is 4.67. The zero-order valence-electron chi connectivity index (χ0n) is 18.7. The Labute approximate surface area is 206 Å². The maximum Gasteiger partial charge on any atom is 0.219 e. The zero-order valence-corrected chi connectivity index (χ0v) is 21.1. The first kappa shape index (κ1) is 25.3. The van der Waals surface area contributed by atoms with E-state index >= 15 is 0 Å². The number of ether oxygens (including phenoxy) is 3. The minimum absolute atomic E-state index is 0. The molecule has 3 rings (SSSR count). The van der Waals surface area contributed by atoms with Crippen LogP contribution in [0.3, 0.4) is 0 Å². The van der Waals surface area contributed by atoms with Gasteiger partial charge in [-0.2, -0.15) is 0 Å². The van der Waals surface area contributed by atoms with E-state index in [-0.39, 0.29) is 24.0 Å². The number of halogens is 1. The normalized spacial score (nSPS) is 10.7. The average Bonchev–Trinajstić information content (AvgIpc) is 2.81. The van der Waals surface area contributed by atoms with Crippen molar-refractivity contribution in [3.05, 3.63) is 78.0 Å². The number of hydrogen-bond donors (Lipinski definition) is 1. The molecule has 1 N–H and O–H groups in total. The minimum Gasteiger partial charge on any atom is -0.493 e. The van der Waals surface area contributed by atoms with Gasteiger partial charge < -0.3 is 24.4 Å². The van der Waals surface area contributed by atoms with Gasteiger partial charge in [0.2, 0.25) is 11.6 Å². The van der Waals surface area contributed by atoms with E-state index < -0.39 is 0 Å². The van der Waals surface area contributed by atoms with Gasteiger partial charge in [-0.1, -0.05) is 42.5 Å². The quantitative estimate of drug-likeness (QED) is 0.250. The Morgan fingerprint density at radius 2 is 1.62 bits per heavy atom. The minimum atomic E-state index is 0. The number of rotatable bonds is 8. The predicted molar refractivity (Wildman–Crippen MR) is 137 cm³/mol. The molecule has 32 heavy (non-hydrogen) atoms. The van der Waals surface area contributed by atoms with Gasteiger partial charge in [0.05, 0.1) is 14.2 Å². The maximum absolute atomic E-state index is 5.92. The molecule has 0 saturated carbocycles. The van der Waals surface area contributed by atoms with Gasteiger partial charge in [-0.3, -0.25) is 4.99 Å². The van der Waals surface area contributed by atoms with Crippen LogP contribution in [0.4, 0.5) is 0 Å². The highest BCUT2D eigenvalue weighted by molar-refractivity contribution is 14.0. The third kappa shape index (κ3) is 6.74. The Hall–Kier alpha value is -3.01. The van der Waals surface area contributed by atoms with Crippen LogP contribution in [-0.2, 0) is 13.1 Å². The summed E-state index contributed by atoms with van der Waals surface area (Å²) in [6, 6.07) is 19.5. The molecule has 2 aromatic carbocycles. The van der Waals surface area contributed by atoms with E-state index in [9.17, 15) is 0 Å².